The van der Waals surface area contributed by atoms with Crippen molar-refractivity contribution in [1.29, 1.82) is 0 Å². The maximum atomic E-state index is 12.6. The summed E-state index contributed by atoms with van der Waals surface area (Å²) in [5, 5.41) is 3.12. The lowest BCUT2D eigenvalue weighted by molar-refractivity contribution is -0.117. The van der Waals surface area contributed by atoms with Crippen LogP contribution in [0.2, 0.25) is 5.02 Å². The molecule has 2 aromatic carbocycles. The van der Waals surface area contributed by atoms with Crippen LogP contribution < -0.4 is 10.0 Å². The number of hydrogen-bond acceptors (Lipinski definition) is 3. The molecular weight excluding hydrogens is 372 g/mol. The second-order valence-electron chi connectivity index (χ2n) is 6.52. The SMILES string of the molecule is O=C(CC1CCCC1)Nc1cccc(S(=O)(=O)Nc2ccccc2Cl)c1. The van der Waals surface area contributed by atoms with E-state index in [0.29, 0.717) is 28.7 Å². The van der Waals surface area contributed by atoms with E-state index in [0.717, 1.165) is 12.8 Å². The van der Waals surface area contributed by atoms with Crippen LogP contribution in [-0.2, 0) is 14.8 Å². The zero-order valence-electron chi connectivity index (χ0n) is 14.2. The number of anilines is 2. The predicted molar refractivity (Wildman–Crippen MR) is 104 cm³/mol. The van der Waals surface area contributed by atoms with E-state index in [2.05, 4.69) is 10.0 Å². The average molecular weight is 393 g/mol. The third kappa shape index (κ3) is 4.77. The molecule has 1 fully saturated rings. The highest BCUT2D eigenvalue weighted by molar-refractivity contribution is 7.92. The Bertz CT molecular complexity index is 893. The molecule has 1 amide bonds. The summed E-state index contributed by atoms with van der Waals surface area (Å²) in [6.45, 7) is 0. The first-order chi connectivity index (χ1) is 12.4. The highest BCUT2D eigenvalue weighted by atomic mass is 35.5. The van der Waals surface area contributed by atoms with Crippen LogP contribution in [0.3, 0.4) is 0 Å². The van der Waals surface area contributed by atoms with E-state index in [1.54, 1.807) is 36.4 Å². The normalized spacial score (nSPS) is 15.0. The van der Waals surface area contributed by atoms with Crippen molar-refractivity contribution < 1.29 is 13.2 Å². The number of nitrogens with one attached hydrogen (secondary N) is 2. The van der Waals surface area contributed by atoms with Gasteiger partial charge in [-0.15, -0.1) is 0 Å². The predicted octanol–water partition coefficient (Wildman–Crippen LogP) is 4.66. The summed E-state index contributed by atoms with van der Waals surface area (Å²) in [7, 11) is -3.80. The Balaban J connectivity index is 1.71. The van der Waals surface area contributed by atoms with Crippen LogP contribution in [0.15, 0.2) is 53.4 Å². The van der Waals surface area contributed by atoms with Gasteiger partial charge in [-0.3, -0.25) is 9.52 Å². The number of hydrogen-bond donors (Lipinski definition) is 2. The van der Waals surface area contributed by atoms with Crippen LogP contribution in [0.25, 0.3) is 0 Å². The van der Waals surface area contributed by atoms with E-state index in [4.69, 9.17) is 11.6 Å². The monoisotopic (exact) mass is 392 g/mol. The standard InChI is InChI=1S/C19H21ClN2O3S/c20-17-10-3-4-11-18(17)22-26(24,25)16-9-5-8-15(13-16)21-19(23)12-14-6-1-2-7-14/h3-5,8-11,13-14,22H,1-2,6-7,12H2,(H,21,23). The van der Waals surface area contributed by atoms with Gasteiger partial charge in [0, 0.05) is 12.1 Å². The van der Waals surface area contributed by atoms with E-state index in [1.165, 1.54) is 25.0 Å². The Hall–Kier alpha value is -2.05. The van der Waals surface area contributed by atoms with Gasteiger partial charge in [-0.25, -0.2) is 8.42 Å². The van der Waals surface area contributed by atoms with Crippen LogP contribution in [0.4, 0.5) is 11.4 Å². The van der Waals surface area contributed by atoms with Crippen molar-refractivity contribution in [2.75, 3.05) is 10.0 Å². The summed E-state index contributed by atoms with van der Waals surface area (Å²) < 4.78 is 27.6. The van der Waals surface area contributed by atoms with E-state index >= 15 is 0 Å². The molecule has 0 bridgehead atoms. The molecule has 1 aliphatic carbocycles. The second-order valence-corrected chi connectivity index (χ2v) is 8.61. The zero-order valence-corrected chi connectivity index (χ0v) is 15.8. The van der Waals surface area contributed by atoms with E-state index in [1.807, 2.05) is 0 Å². The molecule has 0 radical (unpaired) electrons. The number of sulfonamides is 1. The first-order valence-electron chi connectivity index (χ1n) is 8.61. The molecule has 138 valence electrons. The topological polar surface area (TPSA) is 75.3 Å². The molecule has 1 saturated carbocycles. The fourth-order valence-electron chi connectivity index (χ4n) is 3.18. The smallest absolute Gasteiger partial charge is 0.262 e. The van der Waals surface area contributed by atoms with E-state index in [9.17, 15) is 13.2 Å². The van der Waals surface area contributed by atoms with Gasteiger partial charge in [0.1, 0.15) is 0 Å². The van der Waals surface area contributed by atoms with E-state index in [-0.39, 0.29) is 10.8 Å². The number of carbonyl (C=O) groups excluding carboxylic acids is 1. The lowest BCUT2D eigenvalue weighted by Crippen LogP contribution is -2.16. The molecule has 3 rings (SSSR count). The first kappa shape index (κ1) is 18.7. The molecule has 0 aromatic heterocycles. The summed E-state index contributed by atoms with van der Waals surface area (Å²) in [6, 6.07) is 12.8. The van der Waals surface area contributed by atoms with Crippen molar-refractivity contribution in [3.05, 3.63) is 53.6 Å². The van der Waals surface area contributed by atoms with Gasteiger partial charge in [-0.1, -0.05) is 42.6 Å². The molecule has 2 aromatic rings. The van der Waals surface area contributed by atoms with Gasteiger partial charge in [0.15, 0.2) is 0 Å². The quantitative estimate of drug-likeness (QED) is 0.750. The van der Waals surface area contributed by atoms with Crippen molar-refractivity contribution in [1.82, 2.24) is 0 Å². The van der Waals surface area contributed by atoms with Gasteiger partial charge in [0.25, 0.3) is 10.0 Å². The minimum absolute atomic E-state index is 0.0658. The largest absolute Gasteiger partial charge is 0.326 e. The van der Waals surface area contributed by atoms with Gasteiger partial charge in [-0.05, 0) is 49.1 Å². The molecule has 7 heteroatoms. The van der Waals surface area contributed by atoms with E-state index < -0.39 is 10.0 Å². The molecule has 0 saturated heterocycles. The molecule has 2 N–H and O–H groups in total. The third-order valence-electron chi connectivity index (χ3n) is 4.50. The Morgan fingerprint density at radius 3 is 2.54 bits per heavy atom. The molecule has 0 heterocycles. The zero-order chi connectivity index (χ0) is 18.6. The summed E-state index contributed by atoms with van der Waals surface area (Å²) in [4.78, 5) is 12.2. The van der Waals surface area contributed by atoms with Crippen molar-refractivity contribution in [2.24, 2.45) is 5.92 Å². The fourth-order valence-corrected chi connectivity index (χ4v) is 4.54. The molecule has 0 aliphatic heterocycles. The van der Waals surface area contributed by atoms with Crippen molar-refractivity contribution in [3.8, 4) is 0 Å². The highest BCUT2D eigenvalue weighted by Gasteiger charge is 2.19. The summed E-state index contributed by atoms with van der Waals surface area (Å²) in [5.41, 5.74) is 0.778. The van der Waals surface area contributed by atoms with Crippen LogP contribution in [-0.4, -0.2) is 14.3 Å². The number of rotatable bonds is 6. The third-order valence-corrected chi connectivity index (χ3v) is 6.19. The maximum absolute atomic E-state index is 12.6. The van der Waals surface area contributed by atoms with Crippen LogP contribution in [0.5, 0.6) is 0 Å². The number of halogens is 1. The van der Waals surface area contributed by atoms with Gasteiger partial charge >= 0.3 is 0 Å². The molecular formula is C19H21ClN2O3S. The molecule has 0 unspecified atom stereocenters. The van der Waals surface area contributed by atoms with Gasteiger partial charge in [-0.2, -0.15) is 0 Å². The Kier molecular flexibility index (Phi) is 5.84. The maximum Gasteiger partial charge on any atom is 0.262 e. The molecule has 0 atom stereocenters. The highest BCUT2D eigenvalue weighted by Crippen LogP contribution is 2.28. The van der Waals surface area contributed by atoms with Crippen LogP contribution in [0, 0.1) is 5.92 Å². The minimum atomic E-state index is -3.80. The van der Waals surface area contributed by atoms with Crippen LogP contribution in [0.1, 0.15) is 32.1 Å². The van der Waals surface area contributed by atoms with Gasteiger partial charge < -0.3 is 5.32 Å². The number of benzene rings is 2. The average Bonchev–Trinajstić information content (AvgIpc) is 3.10. The number of amides is 1. The molecule has 26 heavy (non-hydrogen) atoms. The van der Waals surface area contributed by atoms with Crippen molar-refractivity contribution >= 4 is 38.9 Å². The molecule has 5 nitrogen and oxygen atoms in total. The second kappa shape index (κ2) is 8.10. The van der Waals surface area contributed by atoms with Crippen molar-refractivity contribution in [2.45, 2.75) is 37.0 Å². The molecule has 1 aliphatic rings. The van der Waals surface area contributed by atoms with Crippen molar-refractivity contribution in [3.63, 3.8) is 0 Å². The first-order valence-corrected chi connectivity index (χ1v) is 10.5. The summed E-state index contributed by atoms with van der Waals surface area (Å²) in [5.74, 6) is 0.356. The lowest BCUT2D eigenvalue weighted by atomic mass is 10.0. The number of para-hydroxylation sites is 1. The Morgan fingerprint density at radius 2 is 1.81 bits per heavy atom. The lowest BCUT2D eigenvalue weighted by Gasteiger charge is -2.12. The Labute approximate surface area is 158 Å². The van der Waals surface area contributed by atoms with Gasteiger partial charge in [0.05, 0.1) is 15.6 Å². The Morgan fingerprint density at radius 1 is 1.08 bits per heavy atom. The summed E-state index contributed by atoms with van der Waals surface area (Å²) in [6.07, 6.45) is 5.01. The van der Waals surface area contributed by atoms with Crippen LogP contribution >= 0.6 is 11.6 Å². The fraction of sp³-hybridized carbons (Fsp3) is 0.316. The van der Waals surface area contributed by atoms with Gasteiger partial charge in [0.2, 0.25) is 5.91 Å². The summed E-state index contributed by atoms with van der Waals surface area (Å²) >= 11 is 6.01. The molecule has 0 spiro atoms. The number of carbonyl (C=O) groups is 1. The minimum Gasteiger partial charge on any atom is -0.326 e.